The van der Waals surface area contributed by atoms with Crippen molar-refractivity contribution in [2.24, 2.45) is 0 Å². The average molecular weight is 259 g/mol. The maximum Gasteiger partial charge on any atom is 0.123 e. The molecule has 0 radical (unpaired) electrons. The lowest BCUT2D eigenvalue weighted by atomic mass is 10.2. The number of methoxy groups -OCH3 is 1. The van der Waals surface area contributed by atoms with Crippen molar-refractivity contribution in [2.45, 2.75) is 33.0 Å². The Bertz CT molecular complexity index is 520. The molecule has 0 aliphatic rings. The van der Waals surface area contributed by atoms with Crippen molar-refractivity contribution in [1.29, 1.82) is 0 Å². The van der Waals surface area contributed by atoms with E-state index in [2.05, 4.69) is 34.8 Å². The van der Waals surface area contributed by atoms with Crippen LogP contribution in [0, 0.1) is 0 Å². The lowest BCUT2D eigenvalue weighted by Gasteiger charge is -2.13. The van der Waals surface area contributed by atoms with Gasteiger partial charge in [0.15, 0.2) is 0 Å². The van der Waals surface area contributed by atoms with E-state index in [0.717, 1.165) is 18.8 Å². The molecule has 1 aromatic carbocycles. The third kappa shape index (κ3) is 3.35. The highest BCUT2D eigenvalue weighted by Crippen LogP contribution is 2.17. The minimum Gasteiger partial charge on any atom is -0.496 e. The van der Waals surface area contributed by atoms with Crippen LogP contribution in [0.25, 0.3) is 0 Å². The normalized spacial score (nSPS) is 10.9. The van der Waals surface area contributed by atoms with Crippen LogP contribution in [0.1, 0.15) is 31.1 Å². The second-order valence-electron chi connectivity index (χ2n) is 4.80. The highest BCUT2D eigenvalue weighted by Gasteiger charge is 2.05. The van der Waals surface area contributed by atoms with Crippen LogP contribution in [0.15, 0.2) is 36.8 Å². The zero-order valence-electron chi connectivity index (χ0n) is 11.8. The Balaban J connectivity index is 1.95. The molecule has 0 atom stereocenters. The van der Waals surface area contributed by atoms with Gasteiger partial charge in [-0.1, -0.05) is 18.2 Å². The molecule has 0 saturated heterocycles. The monoisotopic (exact) mass is 259 g/mol. The maximum atomic E-state index is 5.34. The van der Waals surface area contributed by atoms with Gasteiger partial charge in [-0.3, -0.25) is 0 Å². The topological polar surface area (TPSA) is 39.1 Å². The summed E-state index contributed by atoms with van der Waals surface area (Å²) < 4.78 is 7.51. The number of aromatic nitrogens is 2. The number of nitrogens with zero attached hydrogens (tertiary/aromatic N) is 2. The number of rotatable bonds is 6. The van der Waals surface area contributed by atoms with E-state index >= 15 is 0 Å². The maximum absolute atomic E-state index is 5.34. The number of hydrogen-bond acceptors (Lipinski definition) is 3. The number of ether oxygens (including phenoxy) is 1. The fraction of sp³-hybridized carbons (Fsp3) is 0.400. The lowest BCUT2D eigenvalue weighted by molar-refractivity contribution is 0.407. The third-order valence-electron chi connectivity index (χ3n) is 3.12. The minimum atomic E-state index is 0.436. The van der Waals surface area contributed by atoms with Crippen molar-refractivity contribution in [3.8, 4) is 5.75 Å². The molecule has 102 valence electrons. The summed E-state index contributed by atoms with van der Waals surface area (Å²) in [6.07, 6.45) is 3.79. The summed E-state index contributed by atoms with van der Waals surface area (Å²) in [5, 5.41) is 3.43. The van der Waals surface area contributed by atoms with Crippen molar-refractivity contribution in [2.75, 3.05) is 7.11 Å². The van der Waals surface area contributed by atoms with Crippen molar-refractivity contribution >= 4 is 0 Å². The van der Waals surface area contributed by atoms with Crippen molar-refractivity contribution in [3.05, 3.63) is 48.0 Å². The van der Waals surface area contributed by atoms with E-state index < -0.39 is 0 Å². The van der Waals surface area contributed by atoms with Crippen LogP contribution in [-0.4, -0.2) is 16.7 Å². The van der Waals surface area contributed by atoms with E-state index in [0.29, 0.717) is 6.04 Å². The summed E-state index contributed by atoms with van der Waals surface area (Å²) in [7, 11) is 1.70. The first kappa shape index (κ1) is 13.6. The molecule has 19 heavy (non-hydrogen) atoms. The molecule has 0 aliphatic carbocycles. The Morgan fingerprint density at radius 2 is 2.05 bits per heavy atom. The van der Waals surface area contributed by atoms with Gasteiger partial charge in [0.1, 0.15) is 5.75 Å². The molecule has 1 heterocycles. The molecule has 0 amide bonds. The summed E-state index contributed by atoms with van der Waals surface area (Å²) in [4.78, 5) is 4.20. The van der Waals surface area contributed by atoms with E-state index in [-0.39, 0.29) is 0 Å². The van der Waals surface area contributed by atoms with E-state index in [1.807, 2.05) is 30.7 Å². The third-order valence-corrected chi connectivity index (χ3v) is 3.12. The van der Waals surface area contributed by atoms with E-state index in [9.17, 15) is 0 Å². The first-order valence-corrected chi connectivity index (χ1v) is 6.55. The number of para-hydroxylation sites is 1. The van der Waals surface area contributed by atoms with E-state index in [4.69, 9.17) is 4.74 Å². The molecule has 0 saturated carbocycles. The number of imidazole rings is 1. The molecular formula is C15H21N3O. The number of benzene rings is 1. The van der Waals surface area contributed by atoms with Gasteiger partial charge in [-0.25, -0.2) is 4.98 Å². The van der Waals surface area contributed by atoms with Crippen LogP contribution in [0.4, 0.5) is 0 Å². The van der Waals surface area contributed by atoms with Crippen LogP contribution in [0.5, 0.6) is 5.75 Å². The van der Waals surface area contributed by atoms with Crippen molar-refractivity contribution < 1.29 is 4.74 Å². The Hall–Kier alpha value is -1.81. The van der Waals surface area contributed by atoms with Gasteiger partial charge in [-0.15, -0.1) is 0 Å². The average Bonchev–Trinajstić information content (AvgIpc) is 2.88. The largest absolute Gasteiger partial charge is 0.496 e. The second-order valence-corrected chi connectivity index (χ2v) is 4.80. The van der Waals surface area contributed by atoms with Crippen LogP contribution in [-0.2, 0) is 13.1 Å². The second kappa shape index (κ2) is 6.38. The van der Waals surface area contributed by atoms with Gasteiger partial charge in [-0.05, 0) is 19.9 Å². The highest BCUT2D eigenvalue weighted by molar-refractivity contribution is 5.32. The molecule has 0 spiro atoms. The molecule has 2 rings (SSSR count). The summed E-state index contributed by atoms with van der Waals surface area (Å²) >= 11 is 0. The summed E-state index contributed by atoms with van der Waals surface area (Å²) in [5.41, 5.74) is 2.37. The van der Waals surface area contributed by atoms with Gasteiger partial charge in [-0.2, -0.15) is 0 Å². The van der Waals surface area contributed by atoms with Crippen LogP contribution >= 0.6 is 0 Å². The summed E-state index contributed by atoms with van der Waals surface area (Å²) in [6.45, 7) is 5.90. The van der Waals surface area contributed by atoms with Gasteiger partial charge >= 0.3 is 0 Å². The summed E-state index contributed by atoms with van der Waals surface area (Å²) in [5.74, 6) is 0.923. The first-order valence-electron chi connectivity index (χ1n) is 6.55. The van der Waals surface area contributed by atoms with Gasteiger partial charge in [0.25, 0.3) is 0 Å². The Kier molecular flexibility index (Phi) is 4.58. The SMILES string of the molecule is COc1ccccc1CNCc1cncn1C(C)C. The zero-order valence-corrected chi connectivity index (χ0v) is 11.8. The molecule has 0 unspecified atom stereocenters. The predicted molar refractivity (Wildman–Crippen MR) is 76.1 cm³/mol. The quantitative estimate of drug-likeness (QED) is 0.867. The smallest absolute Gasteiger partial charge is 0.123 e. The highest BCUT2D eigenvalue weighted by atomic mass is 16.5. The Labute approximate surface area is 114 Å². The Morgan fingerprint density at radius 1 is 1.26 bits per heavy atom. The van der Waals surface area contributed by atoms with Crippen molar-refractivity contribution in [3.63, 3.8) is 0 Å². The molecule has 2 aromatic rings. The van der Waals surface area contributed by atoms with Crippen LogP contribution < -0.4 is 10.1 Å². The summed E-state index contributed by atoms with van der Waals surface area (Å²) in [6, 6.07) is 8.50. The van der Waals surface area contributed by atoms with Gasteiger partial charge < -0.3 is 14.6 Å². The lowest BCUT2D eigenvalue weighted by Crippen LogP contribution is -2.16. The van der Waals surface area contributed by atoms with E-state index in [1.165, 1.54) is 11.3 Å². The minimum absolute atomic E-state index is 0.436. The van der Waals surface area contributed by atoms with Gasteiger partial charge in [0.05, 0.1) is 19.1 Å². The molecule has 0 fully saturated rings. The Morgan fingerprint density at radius 3 is 2.79 bits per heavy atom. The number of hydrogen-bond donors (Lipinski definition) is 1. The van der Waals surface area contributed by atoms with Gasteiger partial charge in [0, 0.05) is 30.9 Å². The van der Waals surface area contributed by atoms with Crippen LogP contribution in [0.3, 0.4) is 0 Å². The van der Waals surface area contributed by atoms with Gasteiger partial charge in [0.2, 0.25) is 0 Å². The number of nitrogens with one attached hydrogen (secondary N) is 1. The predicted octanol–water partition coefficient (Wildman–Crippen LogP) is 2.76. The molecule has 4 nitrogen and oxygen atoms in total. The zero-order chi connectivity index (χ0) is 13.7. The molecule has 1 aromatic heterocycles. The standard InChI is InChI=1S/C15H21N3O/c1-12(2)18-11-17-10-14(18)9-16-8-13-6-4-5-7-15(13)19-3/h4-7,10-12,16H,8-9H2,1-3H3. The molecule has 1 N–H and O–H groups in total. The first-order chi connectivity index (χ1) is 9.22. The van der Waals surface area contributed by atoms with E-state index in [1.54, 1.807) is 7.11 Å². The fourth-order valence-electron chi connectivity index (χ4n) is 2.11. The molecule has 4 heteroatoms. The van der Waals surface area contributed by atoms with Crippen LogP contribution in [0.2, 0.25) is 0 Å². The molecular weight excluding hydrogens is 238 g/mol. The fourth-order valence-corrected chi connectivity index (χ4v) is 2.11. The molecule has 0 bridgehead atoms. The molecule has 0 aliphatic heterocycles. The van der Waals surface area contributed by atoms with Crippen molar-refractivity contribution in [1.82, 2.24) is 14.9 Å².